The molecule has 6 nitrogen and oxygen atoms in total. The summed E-state index contributed by atoms with van der Waals surface area (Å²) in [6, 6.07) is 3.67. The standard InChI is InChI=1S/C15H20FN3O3S/c1-5-14-18-19-15(22-14)10(3)17-9(2)11-6-7-13(12(16)8-11)23(4,20)21/h6-10,17H,5H2,1-4H3/t9-,10-/m1/s1. The predicted octanol–water partition coefficient (Wildman–Crippen LogP) is 2.59. The first-order valence-electron chi connectivity index (χ1n) is 7.30. The molecule has 0 saturated heterocycles. The summed E-state index contributed by atoms with van der Waals surface area (Å²) in [4.78, 5) is -0.300. The smallest absolute Gasteiger partial charge is 0.233 e. The summed E-state index contributed by atoms with van der Waals surface area (Å²) in [5.41, 5.74) is 0.636. The fourth-order valence-corrected chi connectivity index (χ4v) is 2.94. The van der Waals surface area contributed by atoms with E-state index in [1.807, 2.05) is 20.8 Å². The number of benzene rings is 1. The van der Waals surface area contributed by atoms with E-state index in [2.05, 4.69) is 15.5 Å². The molecule has 1 aromatic carbocycles. The molecule has 2 rings (SSSR count). The third-order valence-corrected chi connectivity index (χ3v) is 4.64. The van der Waals surface area contributed by atoms with Crippen LogP contribution in [0.2, 0.25) is 0 Å². The lowest BCUT2D eigenvalue weighted by molar-refractivity contribution is 0.374. The number of halogens is 1. The Kier molecular flexibility index (Phi) is 5.16. The molecule has 126 valence electrons. The summed E-state index contributed by atoms with van der Waals surface area (Å²) >= 11 is 0. The van der Waals surface area contributed by atoms with Gasteiger partial charge >= 0.3 is 0 Å². The molecule has 1 aromatic heterocycles. The first kappa shape index (κ1) is 17.6. The molecule has 1 heterocycles. The van der Waals surface area contributed by atoms with Crippen molar-refractivity contribution in [1.82, 2.24) is 15.5 Å². The van der Waals surface area contributed by atoms with Crippen LogP contribution in [0.1, 0.15) is 50.2 Å². The highest BCUT2D eigenvalue weighted by Crippen LogP contribution is 2.22. The Morgan fingerprint density at radius 2 is 1.96 bits per heavy atom. The topological polar surface area (TPSA) is 85.1 Å². The molecule has 2 aromatic rings. The van der Waals surface area contributed by atoms with Crippen LogP contribution in [-0.4, -0.2) is 24.9 Å². The Labute approximate surface area is 135 Å². The van der Waals surface area contributed by atoms with Gasteiger partial charge in [-0.25, -0.2) is 12.8 Å². The van der Waals surface area contributed by atoms with E-state index < -0.39 is 15.7 Å². The van der Waals surface area contributed by atoms with Gasteiger partial charge in [-0.05, 0) is 31.5 Å². The molecule has 0 radical (unpaired) electrons. The van der Waals surface area contributed by atoms with Crippen LogP contribution < -0.4 is 5.32 Å². The molecule has 8 heteroatoms. The summed E-state index contributed by atoms with van der Waals surface area (Å²) in [5, 5.41) is 11.1. The number of nitrogens with zero attached hydrogens (tertiary/aromatic N) is 2. The largest absolute Gasteiger partial charge is 0.424 e. The van der Waals surface area contributed by atoms with Crippen molar-refractivity contribution in [3.8, 4) is 0 Å². The number of aryl methyl sites for hydroxylation is 1. The number of rotatable bonds is 6. The zero-order valence-electron chi connectivity index (χ0n) is 13.5. The molecule has 0 unspecified atom stereocenters. The van der Waals surface area contributed by atoms with Crippen LogP contribution in [0.5, 0.6) is 0 Å². The molecule has 0 aliphatic rings. The molecule has 0 saturated carbocycles. The van der Waals surface area contributed by atoms with Gasteiger partial charge in [0.15, 0.2) is 9.84 Å². The van der Waals surface area contributed by atoms with E-state index in [4.69, 9.17) is 4.42 Å². The lowest BCUT2D eigenvalue weighted by Gasteiger charge is -2.18. The molecule has 0 fully saturated rings. The van der Waals surface area contributed by atoms with Gasteiger partial charge in [-0.1, -0.05) is 13.0 Å². The van der Waals surface area contributed by atoms with Gasteiger partial charge in [0.1, 0.15) is 10.7 Å². The number of hydrogen-bond acceptors (Lipinski definition) is 6. The first-order valence-corrected chi connectivity index (χ1v) is 9.19. The molecule has 0 amide bonds. The minimum atomic E-state index is -3.57. The van der Waals surface area contributed by atoms with Crippen LogP contribution >= 0.6 is 0 Å². The van der Waals surface area contributed by atoms with Crippen LogP contribution in [0.3, 0.4) is 0 Å². The minimum absolute atomic E-state index is 0.213. The van der Waals surface area contributed by atoms with E-state index in [1.54, 1.807) is 6.07 Å². The Hall–Kier alpha value is -1.80. The van der Waals surface area contributed by atoms with E-state index in [0.717, 1.165) is 6.26 Å². The number of sulfone groups is 1. The number of hydrogen-bond donors (Lipinski definition) is 1. The highest BCUT2D eigenvalue weighted by Gasteiger charge is 2.19. The Morgan fingerprint density at radius 3 is 2.48 bits per heavy atom. The minimum Gasteiger partial charge on any atom is -0.424 e. The third kappa shape index (κ3) is 4.14. The fraction of sp³-hybridized carbons (Fsp3) is 0.467. The van der Waals surface area contributed by atoms with E-state index in [1.165, 1.54) is 12.1 Å². The third-order valence-electron chi connectivity index (χ3n) is 3.51. The van der Waals surface area contributed by atoms with Gasteiger partial charge in [-0.3, -0.25) is 5.32 Å². The highest BCUT2D eigenvalue weighted by molar-refractivity contribution is 7.90. The summed E-state index contributed by atoms with van der Waals surface area (Å²) in [6.07, 6.45) is 1.64. The quantitative estimate of drug-likeness (QED) is 0.869. The monoisotopic (exact) mass is 341 g/mol. The van der Waals surface area contributed by atoms with Gasteiger partial charge in [0.05, 0.1) is 6.04 Å². The average Bonchev–Trinajstić information content (AvgIpc) is 2.94. The van der Waals surface area contributed by atoms with Crippen LogP contribution in [0, 0.1) is 5.82 Å². The van der Waals surface area contributed by atoms with Crippen molar-refractivity contribution in [2.45, 2.75) is 44.2 Å². The van der Waals surface area contributed by atoms with Gasteiger partial charge in [-0.2, -0.15) is 0 Å². The van der Waals surface area contributed by atoms with Crippen molar-refractivity contribution >= 4 is 9.84 Å². The van der Waals surface area contributed by atoms with E-state index in [-0.39, 0.29) is 17.0 Å². The average molecular weight is 341 g/mol. The number of nitrogens with one attached hydrogen (secondary N) is 1. The Balaban J connectivity index is 2.14. The van der Waals surface area contributed by atoms with Gasteiger partial charge in [0.2, 0.25) is 11.8 Å². The second-order valence-corrected chi connectivity index (χ2v) is 7.44. The van der Waals surface area contributed by atoms with Crippen molar-refractivity contribution in [3.63, 3.8) is 0 Å². The van der Waals surface area contributed by atoms with E-state index >= 15 is 0 Å². The molecule has 23 heavy (non-hydrogen) atoms. The summed E-state index contributed by atoms with van der Waals surface area (Å²) in [7, 11) is -3.57. The molecule has 0 aliphatic carbocycles. The SMILES string of the molecule is CCc1nnc([C@@H](C)N[C@H](C)c2ccc(S(C)(=O)=O)c(F)c2)o1. The predicted molar refractivity (Wildman–Crippen MR) is 83.2 cm³/mol. The van der Waals surface area contributed by atoms with Gasteiger partial charge in [0, 0.05) is 18.7 Å². The van der Waals surface area contributed by atoms with Gasteiger partial charge in [0.25, 0.3) is 0 Å². The first-order chi connectivity index (χ1) is 10.7. The van der Waals surface area contributed by atoms with Crippen molar-refractivity contribution in [3.05, 3.63) is 41.4 Å². The highest BCUT2D eigenvalue weighted by atomic mass is 32.2. The number of aromatic nitrogens is 2. The van der Waals surface area contributed by atoms with E-state index in [9.17, 15) is 12.8 Å². The van der Waals surface area contributed by atoms with E-state index in [0.29, 0.717) is 23.8 Å². The molecular formula is C15H20FN3O3S. The summed E-state index contributed by atoms with van der Waals surface area (Å²) in [5.74, 6) is 0.268. The second-order valence-electron chi connectivity index (χ2n) is 5.46. The second kappa shape index (κ2) is 6.76. The van der Waals surface area contributed by atoms with Crippen molar-refractivity contribution < 1.29 is 17.2 Å². The summed E-state index contributed by atoms with van der Waals surface area (Å²) < 4.78 is 42.3. The molecule has 2 atom stereocenters. The Bertz CT molecular complexity index is 789. The molecule has 0 spiro atoms. The molecule has 0 aliphatic heterocycles. The maximum absolute atomic E-state index is 14.0. The van der Waals surface area contributed by atoms with Gasteiger partial charge < -0.3 is 4.42 Å². The summed E-state index contributed by atoms with van der Waals surface area (Å²) in [6.45, 7) is 5.64. The lowest BCUT2D eigenvalue weighted by atomic mass is 10.1. The fourth-order valence-electron chi connectivity index (χ4n) is 2.21. The van der Waals surface area contributed by atoms with Gasteiger partial charge in [-0.15, -0.1) is 10.2 Å². The zero-order valence-corrected chi connectivity index (χ0v) is 14.3. The lowest BCUT2D eigenvalue weighted by Crippen LogP contribution is -2.23. The van der Waals surface area contributed by atoms with Crippen molar-refractivity contribution in [2.75, 3.05) is 6.26 Å². The molecule has 1 N–H and O–H groups in total. The molecule has 0 bridgehead atoms. The van der Waals surface area contributed by atoms with Crippen molar-refractivity contribution in [2.24, 2.45) is 0 Å². The maximum Gasteiger partial charge on any atom is 0.233 e. The van der Waals surface area contributed by atoms with Crippen molar-refractivity contribution in [1.29, 1.82) is 0 Å². The van der Waals surface area contributed by atoms with Crippen LogP contribution in [-0.2, 0) is 16.3 Å². The normalized spacial score (nSPS) is 14.7. The van der Waals surface area contributed by atoms with Crippen LogP contribution in [0.25, 0.3) is 0 Å². The Morgan fingerprint density at radius 1 is 1.26 bits per heavy atom. The zero-order chi connectivity index (χ0) is 17.2. The van der Waals surface area contributed by atoms with Crippen LogP contribution in [0.15, 0.2) is 27.5 Å². The molecular weight excluding hydrogens is 321 g/mol. The van der Waals surface area contributed by atoms with Crippen LogP contribution in [0.4, 0.5) is 4.39 Å². The maximum atomic E-state index is 14.0.